The summed E-state index contributed by atoms with van der Waals surface area (Å²) in [5, 5.41) is 3.79. The van der Waals surface area contributed by atoms with E-state index in [1.165, 1.54) is 0 Å². The minimum atomic E-state index is -0.528. The second kappa shape index (κ2) is 5.50. The fourth-order valence-corrected chi connectivity index (χ4v) is 2.98. The van der Waals surface area contributed by atoms with Crippen molar-refractivity contribution in [2.24, 2.45) is 5.11 Å². The number of amides is 1. The van der Waals surface area contributed by atoms with Gasteiger partial charge in [-0.25, -0.2) is 4.79 Å². The fourth-order valence-electron chi connectivity index (χ4n) is 2.98. The molecule has 1 unspecified atom stereocenters. The monoisotopic (exact) mass is 282 g/mol. The maximum Gasteiger partial charge on any atom is 0.410 e. The highest BCUT2D eigenvalue weighted by molar-refractivity contribution is 5.70. The van der Waals surface area contributed by atoms with Crippen molar-refractivity contribution in [1.82, 2.24) is 4.90 Å². The first-order valence-corrected chi connectivity index (χ1v) is 6.99. The summed E-state index contributed by atoms with van der Waals surface area (Å²) < 4.78 is 10.9. The van der Waals surface area contributed by atoms with Crippen molar-refractivity contribution >= 4 is 6.09 Å². The van der Waals surface area contributed by atoms with Gasteiger partial charge in [0, 0.05) is 24.7 Å². The molecule has 2 rings (SSSR count). The van der Waals surface area contributed by atoms with Gasteiger partial charge in [0.2, 0.25) is 0 Å². The van der Waals surface area contributed by atoms with Crippen molar-refractivity contribution in [1.29, 1.82) is 0 Å². The van der Waals surface area contributed by atoms with Gasteiger partial charge in [-0.2, -0.15) is 0 Å². The molecule has 2 saturated heterocycles. The summed E-state index contributed by atoms with van der Waals surface area (Å²) in [5.74, 6) is 0. The molecule has 0 saturated carbocycles. The van der Waals surface area contributed by atoms with Crippen LogP contribution in [0.1, 0.15) is 40.0 Å². The van der Waals surface area contributed by atoms with Crippen LogP contribution in [0.5, 0.6) is 0 Å². The van der Waals surface area contributed by atoms with Crippen molar-refractivity contribution in [3.8, 4) is 0 Å². The van der Waals surface area contributed by atoms with Gasteiger partial charge in [-0.1, -0.05) is 5.11 Å². The number of carbonyl (C=O) groups is 1. The van der Waals surface area contributed by atoms with Gasteiger partial charge in [-0.05, 0) is 45.6 Å². The van der Waals surface area contributed by atoms with Crippen LogP contribution in [0.15, 0.2) is 5.11 Å². The van der Waals surface area contributed by atoms with Crippen LogP contribution in [-0.2, 0) is 9.47 Å². The number of nitrogens with zero attached hydrogens (tertiary/aromatic N) is 4. The standard InChI is InChI=1S/C13H22N4O3/c1-12(2,3)20-11(18)17-9-10(15-16-14)8-13(17)4-6-19-7-5-13/h10H,4-9H2,1-3H3. The van der Waals surface area contributed by atoms with E-state index < -0.39 is 5.60 Å². The number of rotatable bonds is 1. The first kappa shape index (κ1) is 14.9. The van der Waals surface area contributed by atoms with Gasteiger partial charge in [0.15, 0.2) is 0 Å². The van der Waals surface area contributed by atoms with E-state index in [9.17, 15) is 4.79 Å². The lowest BCUT2D eigenvalue weighted by Crippen LogP contribution is -2.51. The van der Waals surface area contributed by atoms with E-state index in [-0.39, 0.29) is 17.7 Å². The summed E-state index contributed by atoms with van der Waals surface area (Å²) in [6.45, 7) is 7.23. The van der Waals surface area contributed by atoms with Gasteiger partial charge in [0.1, 0.15) is 5.60 Å². The Morgan fingerprint density at radius 3 is 2.65 bits per heavy atom. The predicted octanol–water partition coefficient (Wildman–Crippen LogP) is 2.86. The lowest BCUT2D eigenvalue weighted by molar-refractivity contribution is -0.0290. The molecule has 7 nitrogen and oxygen atoms in total. The van der Waals surface area contributed by atoms with E-state index in [0.717, 1.165) is 12.8 Å². The Morgan fingerprint density at radius 1 is 1.45 bits per heavy atom. The topological polar surface area (TPSA) is 87.5 Å². The summed E-state index contributed by atoms with van der Waals surface area (Å²) >= 11 is 0. The lowest BCUT2D eigenvalue weighted by atomic mass is 9.86. The van der Waals surface area contributed by atoms with Crippen LogP contribution in [-0.4, -0.2) is 47.9 Å². The molecule has 2 aliphatic rings. The van der Waals surface area contributed by atoms with Gasteiger partial charge in [-0.3, -0.25) is 0 Å². The highest BCUT2D eigenvalue weighted by atomic mass is 16.6. The van der Waals surface area contributed by atoms with Crippen LogP contribution < -0.4 is 0 Å². The van der Waals surface area contributed by atoms with Crippen LogP contribution in [0.2, 0.25) is 0 Å². The molecule has 20 heavy (non-hydrogen) atoms. The third-order valence-corrected chi connectivity index (χ3v) is 3.83. The third kappa shape index (κ3) is 3.16. The molecule has 0 aromatic rings. The van der Waals surface area contributed by atoms with E-state index in [2.05, 4.69) is 10.0 Å². The van der Waals surface area contributed by atoms with Crippen molar-refractivity contribution in [3.05, 3.63) is 10.4 Å². The SMILES string of the molecule is CC(C)(C)OC(=O)N1CC(N=[N+]=[N-])CC12CCOCC2. The minimum absolute atomic E-state index is 0.175. The maximum atomic E-state index is 12.4. The zero-order chi connectivity index (χ0) is 14.8. The normalized spacial score (nSPS) is 25.4. The fraction of sp³-hybridized carbons (Fsp3) is 0.923. The summed E-state index contributed by atoms with van der Waals surface area (Å²) in [6.07, 6.45) is 1.91. The first-order valence-electron chi connectivity index (χ1n) is 6.99. The number of carbonyl (C=O) groups excluding carboxylic acids is 1. The van der Waals surface area contributed by atoms with Gasteiger partial charge >= 0.3 is 6.09 Å². The number of azide groups is 1. The quantitative estimate of drug-likeness (QED) is 0.421. The lowest BCUT2D eigenvalue weighted by Gasteiger charge is -2.41. The van der Waals surface area contributed by atoms with Gasteiger partial charge in [-0.15, -0.1) is 0 Å². The molecule has 1 spiro atoms. The van der Waals surface area contributed by atoms with E-state index >= 15 is 0 Å². The molecule has 0 N–H and O–H groups in total. The second-order valence-electron chi connectivity index (χ2n) is 6.49. The van der Waals surface area contributed by atoms with Crippen molar-refractivity contribution < 1.29 is 14.3 Å². The van der Waals surface area contributed by atoms with E-state index in [1.54, 1.807) is 4.90 Å². The Balaban J connectivity index is 2.18. The zero-order valence-corrected chi connectivity index (χ0v) is 12.3. The summed E-state index contributed by atoms with van der Waals surface area (Å²) in [6, 6.07) is -0.175. The third-order valence-electron chi connectivity index (χ3n) is 3.83. The van der Waals surface area contributed by atoms with Gasteiger partial charge < -0.3 is 14.4 Å². The molecule has 1 amide bonds. The van der Waals surface area contributed by atoms with Crippen molar-refractivity contribution in [2.75, 3.05) is 19.8 Å². The molecule has 0 bridgehead atoms. The largest absolute Gasteiger partial charge is 0.444 e. The molecule has 0 aromatic carbocycles. The van der Waals surface area contributed by atoms with Crippen LogP contribution in [0.3, 0.4) is 0 Å². The Morgan fingerprint density at radius 2 is 2.10 bits per heavy atom. The summed E-state index contributed by atoms with van der Waals surface area (Å²) in [7, 11) is 0. The second-order valence-corrected chi connectivity index (χ2v) is 6.49. The summed E-state index contributed by atoms with van der Waals surface area (Å²) in [4.78, 5) is 17.0. The van der Waals surface area contributed by atoms with Gasteiger partial charge in [0.05, 0.1) is 11.6 Å². The van der Waals surface area contributed by atoms with E-state index in [4.69, 9.17) is 15.0 Å². The van der Waals surface area contributed by atoms with E-state index in [1.807, 2.05) is 20.8 Å². The number of likely N-dealkylation sites (tertiary alicyclic amines) is 1. The molecule has 2 heterocycles. The smallest absolute Gasteiger partial charge is 0.410 e. The van der Waals surface area contributed by atoms with Crippen LogP contribution in [0, 0.1) is 0 Å². The highest BCUT2D eigenvalue weighted by Crippen LogP contribution is 2.40. The number of ether oxygens (including phenoxy) is 2. The minimum Gasteiger partial charge on any atom is -0.444 e. The number of hydrogen-bond acceptors (Lipinski definition) is 4. The maximum absolute atomic E-state index is 12.4. The molecule has 0 aromatic heterocycles. The Hall–Kier alpha value is -1.46. The molecule has 7 heteroatoms. The zero-order valence-electron chi connectivity index (χ0n) is 12.3. The summed E-state index contributed by atoms with van der Waals surface area (Å²) in [5.41, 5.74) is 7.82. The Kier molecular flexibility index (Phi) is 4.11. The average Bonchev–Trinajstić information content (AvgIpc) is 2.67. The van der Waals surface area contributed by atoms with Crippen LogP contribution in [0.25, 0.3) is 10.4 Å². The predicted molar refractivity (Wildman–Crippen MR) is 73.3 cm³/mol. The van der Waals surface area contributed by atoms with Gasteiger partial charge in [0.25, 0.3) is 0 Å². The molecular weight excluding hydrogens is 260 g/mol. The van der Waals surface area contributed by atoms with Crippen molar-refractivity contribution in [2.45, 2.75) is 57.2 Å². The molecular formula is C13H22N4O3. The molecule has 1 atom stereocenters. The first-order chi connectivity index (χ1) is 9.36. The molecule has 0 aliphatic carbocycles. The molecule has 2 aliphatic heterocycles. The van der Waals surface area contributed by atoms with Crippen molar-refractivity contribution in [3.63, 3.8) is 0 Å². The number of hydrogen-bond donors (Lipinski definition) is 0. The molecule has 2 fully saturated rings. The highest BCUT2D eigenvalue weighted by Gasteiger charge is 2.49. The van der Waals surface area contributed by atoms with Crippen LogP contribution >= 0.6 is 0 Å². The molecule has 112 valence electrons. The Bertz CT molecular complexity index is 420. The van der Waals surface area contributed by atoms with Crippen LogP contribution in [0.4, 0.5) is 4.79 Å². The van der Waals surface area contributed by atoms with E-state index in [0.29, 0.717) is 26.2 Å². The Labute approximate surface area is 118 Å². The molecule has 0 radical (unpaired) electrons. The average molecular weight is 282 g/mol.